The van der Waals surface area contributed by atoms with Gasteiger partial charge in [0.1, 0.15) is 0 Å². The first-order chi connectivity index (χ1) is 8.86. The first-order valence-corrected chi connectivity index (χ1v) is 7.16. The number of hydrogen-bond donors (Lipinski definition) is 1. The minimum Gasteiger partial charge on any atom is -0.345 e. The predicted molar refractivity (Wildman–Crippen MR) is 83.8 cm³/mol. The molecule has 0 atom stereocenters. The van der Waals surface area contributed by atoms with Crippen LogP contribution in [0.3, 0.4) is 0 Å². The molecule has 1 heterocycles. The molecule has 1 aromatic carbocycles. The van der Waals surface area contributed by atoms with Crippen molar-refractivity contribution in [1.29, 1.82) is 0 Å². The van der Waals surface area contributed by atoms with Crippen molar-refractivity contribution in [2.45, 2.75) is 53.0 Å². The molecule has 2 nitrogen and oxygen atoms in total. The summed E-state index contributed by atoms with van der Waals surface area (Å²) in [4.78, 5) is 0. The van der Waals surface area contributed by atoms with Crippen LogP contribution in [0.2, 0.25) is 0 Å². The van der Waals surface area contributed by atoms with Crippen LogP contribution in [0.4, 0.5) is 0 Å². The van der Waals surface area contributed by atoms with Gasteiger partial charge in [-0.25, -0.2) is 0 Å². The number of hydrogen-bond acceptors (Lipinski definition) is 1. The van der Waals surface area contributed by atoms with Gasteiger partial charge in [-0.05, 0) is 55.5 Å². The topological polar surface area (TPSA) is 30.9 Å². The lowest BCUT2D eigenvalue weighted by molar-refractivity contribution is 0.591. The summed E-state index contributed by atoms with van der Waals surface area (Å²) in [6.07, 6.45) is 1.03. The Morgan fingerprint density at radius 2 is 1.84 bits per heavy atom. The molecule has 1 aromatic heterocycles. The largest absolute Gasteiger partial charge is 0.345 e. The summed E-state index contributed by atoms with van der Waals surface area (Å²) in [5.41, 5.74) is 11.4. The molecule has 0 saturated heterocycles. The van der Waals surface area contributed by atoms with E-state index < -0.39 is 0 Å². The van der Waals surface area contributed by atoms with E-state index in [1.807, 2.05) is 0 Å². The lowest BCUT2D eigenvalue weighted by Crippen LogP contribution is -2.10. The third-order valence-electron chi connectivity index (χ3n) is 4.09. The minimum atomic E-state index is 0.202. The Morgan fingerprint density at radius 1 is 1.16 bits per heavy atom. The molecule has 0 spiro atoms. The summed E-state index contributed by atoms with van der Waals surface area (Å²) in [5, 5.41) is 1.39. The molecular weight excluding hydrogens is 232 g/mol. The fourth-order valence-electron chi connectivity index (χ4n) is 2.65. The normalized spacial score (nSPS) is 12.3. The van der Waals surface area contributed by atoms with E-state index >= 15 is 0 Å². The summed E-state index contributed by atoms with van der Waals surface area (Å²) in [6.45, 7) is 13.0. The average molecular weight is 258 g/mol. The van der Waals surface area contributed by atoms with Gasteiger partial charge in [-0.1, -0.05) is 26.8 Å². The quantitative estimate of drug-likeness (QED) is 0.889. The molecule has 0 bridgehead atoms. The van der Waals surface area contributed by atoms with Gasteiger partial charge < -0.3 is 10.3 Å². The van der Waals surface area contributed by atoms with Crippen LogP contribution in [0, 0.1) is 13.8 Å². The summed E-state index contributed by atoms with van der Waals surface area (Å²) in [5.74, 6) is 0. The average Bonchev–Trinajstić information content (AvgIpc) is 2.59. The molecule has 2 rings (SSSR count). The highest BCUT2D eigenvalue weighted by molar-refractivity contribution is 5.86. The van der Waals surface area contributed by atoms with Gasteiger partial charge in [0.05, 0.1) is 0 Å². The van der Waals surface area contributed by atoms with Crippen molar-refractivity contribution < 1.29 is 0 Å². The van der Waals surface area contributed by atoms with Crippen LogP contribution >= 0.6 is 0 Å². The van der Waals surface area contributed by atoms with E-state index in [1.54, 1.807) is 0 Å². The van der Waals surface area contributed by atoms with Crippen molar-refractivity contribution >= 4 is 10.9 Å². The van der Waals surface area contributed by atoms with Crippen LogP contribution in [0.25, 0.3) is 10.9 Å². The molecule has 0 aliphatic carbocycles. The van der Waals surface area contributed by atoms with E-state index in [0.717, 1.165) is 19.5 Å². The molecule has 0 radical (unpaired) electrons. The molecule has 2 heteroatoms. The molecule has 0 amide bonds. The van der Waals surface area contributed by atoms with Crippen molar-refractivity contribution in [3.05, 3.63) is 35.0 Å². The molecule has 0 fully saturated rings. The number of aryl methyl sites for hydroxylation is 2. The summed E-state index contributed by atoms with van der Waals surface area (Å²) in [6, 6.07) is 6.89. The molecular formula is C17H26N2. The van der Waals surface area contributed by atoms with Crippen molar-refractivity contribution in [2.24, 2.45) is 5.73 Å². The maximum atomic E-state index is 5.65. The summed E-state index contributed by atoms with van der Waals surface area (Å²) < 4.78 is 2.41. The Kier molecular flexibility index (Phi) is 3.73. The van der Waals surface area contributed by atoms with Gasteiger partial charge in [0.25, 0.3) is 0 Å². The van der Waals surface area contributed by atoms with Crippen molar-refractivity contribution in [3.63, 3.8) is 0 Å². The van der Waals surface area contributed by atoms with Gasteiger partial charge in [-0.3, -0.25) is 0 Å². The first-order valence-electron chi connectivity index (χ1n) is 7.16. The van der Waals surface area contributed by atoms with Gasteiger partial charge in [0.2, 0.25) is 0 Å². The van der Waals surface area contributed by atoms with Crippen LogP contribution in [-0.2, 0) is 12.0 Å². The Morgan fingerprint density at radius 3 is 2.42 bits per heavy atom. The van der Waals surface area contributed by atoms with Crippen LogP contribution in [0.5, 0.6) is 0 Å². The molecule has 0 unspecified atom stereocenters. The van der Waals surface area contributed by atoms with Gasteiger partial charge in [0.15, 0.2) is 0 Å². The molecule has 0 aliphatic heterocycles. The van der Waals surface area contributed by atoms with Crippen LogP contribution < -0.4 is 5.73 Å². The van der Waals surface area contributed by atoms with Crippen molar-refractivity contribution in [2.75, 3.05) is 6.54 Å². The second-order valence-corrected chi connectivity index (χ2v) is 6.49. The number of nitrogens with two attached hydrogens (primary N) is 1. The van der Waals surface area contributed by atoms with Crippen LogP contribution in [0.15, 0.2) is 18.2 Å². The van der Waals surface area contributed by atoms with Crippen LogP contribution in [0.1, 0.15) is 44.0 Å². The smallest absolute Gasteiger partial charge is 0.0485 e. The van der Waals surface area contributed by atoms with Gasteiger partial charge in [-0.15, -0.1) is 0 Å². The highest BCUT2D eigenvalue weighted by Gasteiger charge is 2.17. The lowest BCUT2D eigenvalue weighted by Gasteiger charge is -2.19. The molecule has 0 aliphatic rings. The molecule has 2 aromatic rings. The zero-order chi connectivity index (χ0) is 14.2. The molecule has 19 heavy (non-hydrogen) atoms. The van der Waals surface area contributed by atoms with Gasteiger partial charge in [-0.2, -0.15) is 0 Å². The first kappa shape index (κ1) is 14.1. The minimum absolute atomic E-state index is 0.202. The van der Waals surface area contributed by atoms with E-state index in [0.29, 0.717) is 0 Å². The maximum absolute atomic E-state index is 5.65. The molecule has 0 saturated carbocycles. The zero-order valence-corrected chi connectivity index (χ0v) is 12.9. The van der Waals surface area contributed by atoms with E-state index in [-0.39, 0.29) is 5.41 Å². The SMILES string of the molecule is Cc1c(C)n(CCCN)c2ccc(C(C)(C)C)cc12. The number of fused-ring (bicyclic) bond motifs is 1. The molecule has 2 N–H and O–H groups in total. The Balaban J connectivity index is 2.59. The Hall–Kier alpha value is -1.28. The number of aromatic nitrogens is 1. The fraction of sp³-hybridized carbons (Fsp3) is 0.529. The van der Waals surface area contributed by atoms with E-state index in [1.165, 1.54) is 27.7 Å². The number of rotatable bonds is 3. The monoisotopic (exact) mass is 258 g/mol. The second-order valence-electron chi connectivity index (χ2n) is 6.49. The predicted octanol–water partition coefficient (Wildman–Crippen LogP) is 3.90. The zero-order valence-electron chi connectivity index (χ0n) is 12.9. The molecule has 104 valence electrons. The standard InChI is InChI=1S/C17H26N2/c1-12-13(2)19(10-6-9-18)16-8-7-14(11-15(12)16)17(3,4)5/h7-8,11H,6,9-10,18H2,1-5H3. The summed E-state index contributed by atoms with van der Waals surface area (Å²) >= 11 is 0. The number of benzene rings is 1. The van der Waals surface area contributed by atoms with Crippen molar-refractivity contribution in [1.82, 2.24) is 4.57 Å². The summed E-state index contributed by atoms with van der Waals surface area (Å²) in [7, 11) is 0. The Labute approximate surface area is 116 Å². The van der Waals surface area contributed by atoms with Crippen molar-refractivity contribution in [3.8, 4) is 0 Å². The highest BCUT2D eigenvalue weighted by Crippen LogP contribution is 2.30. The van der Waals surface area contributed by atoms with Crippen LogP contribution in [-0.4, -0.2) is 11.1 Å². The lowest BCUT2D eigenvalue weighted by atomic mass is 9.86. The van der Waals surface area contributed by atoms with Gasteiger partial charge >= 0.3 is 0 Å². The van der Waals surface area contributed by atoms with Gasteiger partial charge in [0, 0.05) is 23.1 Å². The highest BCUT2D eigenvalue weighted by atomic mass is 15.0. The number of nitrogens with zero attached hydrogens (tertiary/aromatic N) is 1. The third kappa shape index (κ3) is 2.55. The van der Waals surface area contributed by atoms with E-state index in [2.05, 4.69) is 57.4 Å². The van der Waals surface area contributed by atoms with E-state index in [9.17, 15) is 0 Å². The third-order valence-corrected chi connectivity index (χ3v) is 4.09. The second kappa shape index (κ2) is 5.01. The fourth-order valence-corrected chi connectivity index (χ4v) is 2.65. The Bertz CT molecular complexity index is 585. The maximum Gasteiger partial charge on any atom is 0.0485 e. The van der Waals surface area contributed by atoms with E-state index in [4.69, 9.17) is 5.73 Å².